The highest BCUT2D eigenvalue weighted by atomic mass is 16.3. The Morgan fingerprint density at radius 1 is 1.00 bits per heavy atom. The first kappa shape index (κ1) is 35.4. The summed E-state index contributed by atoms with van der Waals surface area (Å²) in [6.07, 6.45) is 21.9. The molecule has 228 valence electrons. The van der Waals surface area contributed by atoms with Crippen molar-refractivity contribution >= 4 is 0 Å². The highest BCUT2D eigenvalue weighted by Gasteiger charge is 2.35. The van der Waals surface area contributed by atoms with Crippen molar-refractivity contribution in [2.45, 2.75) is 120 Å². The normalized spacial score (nSPS) is 25.6. The zero-order valence-electron chi connectivity index (χ0n) is 28.1. The Bertz CT molecular complexity index is 1280. The van der Waals surface area contributed by atoms with Gasteiger partial charge in [0, 0.05) is 22.8 Å². The van der Waals surface area contributed by atoms with E-state index >= 15 is 0 Å². The number of unbranched alkanes of at least 4 members (excludes halogenated alkanes) is 1. The van der Waals surface area contributed by atoms with Crippen molar-refractivity contribution in [3.05, 3.63) is 82.0 Å². The summed E-state index contributed by atoms with van der Waals surface area (Å²) in [5, 5.41) is 20.1. The number of aliphatic hydroxyl groups is 2. The van der Waals surface area contributed by atoms with Gasteiger partial charge in [0.2, 0.25) is 0 Å². The fourth-order valence-corrected chi connectivity index (χ4v) is 6.16. The Labute approximate surface area is 258 Å². The van der Waals surface area contributed by atoms with Crippen molar-refractivity contribution in [2.24, 2.45) is 22.7 Å². The van der Waals surface area contributed by atoms with Crippen LogP contribution in [0.2, 0.25) is 0 Å². The van der Waals surface area contributed by atoms with Gasteiger partial charge in [-0.15, -0.1) is 0 Å². The van der Waals surface area contributed by atoms with Gasteiger partial charge in [0.1, 0.15) is 0 Å². The monoisotopic (exact) mass is 568 g/mol. The van der Waals surface area contributed by atoms with Crippen LogP contribution >= 0.6 is 0 Å². The molecule has 0 aromatic carbocycles. The van der Waals surface area contributed by atoms with E-state index in [-0.39, 0.29) is 29.0 Å². The Kier molecular flexibility index (Phi) is 13.6. The molecule has 1 unspecified atom stereocenters. The maximum absolute atomic E-state index is 10.1. The Morgan fingerprint density at radius 2 is 1.64 bits per heavy atom. The molecule has 4 atom stereocenters. The summed E-state index contributed by atoms with van der Waals surface area (Å²) in [6.45, 7) is 21.5. The fourth-order valence-electron chi connectivity index (χ4n) is 6.16. The Balaban J connectivity index is 1.81. The predicted octanol–water partition coefficient (Wildman–Crippen LogP) is 9.60. The number of allylic oxidation sites excluding steroid dienone is 12. The maximum Gasteiger partial charge on any atom is 0.0729 e. The van der Waals surface area contributed by atoms with Gasteiger partial charge in [0.25, 0.3) is 0 Å². The lowest BCUT2D eigenvalue weighted by atomic mass is 9.68. The van der Waals surface area contributed by atoms with E-state index in [1.54, 1.807) is 0 Å². The summed E-state index contributed by atoms with van der Waals surface area (Å²) in [6, 6.07) is 0. The third kappa shape index (κ3) is 11.8. The van der Waals surface area contributed by atoms with E-state index in [1.165, 1.54) is 27.9 Å². The molecule has 42 heavy (non-hydrogen) atoms. The first-order valence-electron chi connectivity index (χ1n) is 15.7. The van der Waals surface area contributed by atoms with Gasteiger partial charge in [-0.2, -0.15) is 0 Å². The molecule has 2 aliphatic carbocycles. The van der Waals surface area contributed by atoms with Crippen LogP contribution in [0.15, 0.2) is 82.0 Å². The van der Waals surface area contributed by atoms with Crippen LogP contribution in [-0.4, -0.2) is 22.4 Å². The molecule has 0 heterocycles. The second kappa shape index (κ2) is 16.2. The van der Waals surface area contributed by atoms with Crippen LogP contribution in [-0.2, 0) is 0 Å². The molecule has 2 aliphatic rings. The van der Waals surface area contributed by atoms with Crippen molar-refractivity contribution in [3.63, 3.8) is 0 Å². The molecule has 0 saturated heterocycles. The van der Waals surface area contributed by atoms with E-state index in [9.17, 15) is 10.2 Å². The average Bonchev–Trinajstić information content (AvgIpc) is 2.84. The molecule has 0 bridgehead atoms. The summed E-state index contributed by atoms with van der Waals surface area (Å²) in [5.74, 6) is 14.2. The zero-order valence-corrected chi connectivity index (χ0v) is 28.1. The quantitative estimate of drug-likeness (QED) is 0.132. The van der Waals surface area contributed by atoms with E-state index in [0.29, 0.717) is 5.92 Å². The first-order valence-corrected chi connectivity index (χ1v) is 15.7. The van der Waals surface area contributed by atoms with Crippen molar-refractivity contribution in [2.75, 3.05) is 0 Å². The van der Waals surface area contributed by atoms with Gasteiger partial charge in [-0.1, -0.05) is 129 Å². The van der Waals surface area contributed by atoms with Crippen LogP contribution in [0.4, 0.5) is 0 Å². The highest BCUT2D eigenvalue weighted by Crippen LogP contribution is 2.41. The molecule has 2 rings (SSSR count). The molecule has 0 aromatic heterocycles. The molecule has 0 amide bonds. The first-order chi connectivity index (χ1) is 19.6. The van der Waals surface area contributed by atoms with Crippen molar-refractivity contribution in [3.8, 4) is 23.7 Å². The van der Waals surface area contributed by atoms with Gasteiger partial charge in [-0.25, -0.2) is 0 Å². The predicted molar refractivity (Wildman–Crippen MR) is 181 cm³/mol. The fraction of sp³-hybridized carbons (Fsp3) is 0.550. The molecule has 0 spiro atoms. The van der Waals surface area contributed by atoms with E-state index < -0.39 is 0 Å². The van der Waals surface area contributed by atoms with Crippen molar-refractivity contribution in [1.82, 2.24) is 0 Å². The van der Waals surface area contributed by atoms with E-state index in [1.807, 2.05) is 6.08 Å². The largest absolute Gasteiger partial charge is 0.393 e. The number of rotatable bonds is 8. The smallest absolute Gasteiger partial charge is 0.0729 e. The lowest BCUT2D eigenvalue weighted by Gasteiger charge is -2.37. The summed E-state index contributed by atoms with van der Waals surface area (Å²) in [4.78, 5) is 0. The molecule has 0 aliphatic heterocycles. The number of hydrogen-bond acceptors (Lipinski definition) is 2. The standard InChI is InChI=1S/C40H56O2/c1-29(17-13-19-31(3)21-23-37-33(5)25-35(41)27-39(37,7)8)15-11-12-16-30(2)18-14-20-32(4)22-24-38-34(6)26-36(42)28-40(38,9)10/h13-19,25,32,35-37,41-42H,11-12,20,26-28H2,1-10H3/b17-13+,18-14+,29-15+,30-16+,31-19+/t32?,35-,36-,37+/m1/s1. The highest BCUT2D eigenvalue weighted by molar-refractivity contribution is 5.40. The average molecular weight is 569 g/mol. The minimum Gasteiger partial charge on any atom is -0.393 e. The SMILES string of the molecule is CC1=C[C@@H](O)CC(C)(C)[C@H]1C#C/C(C)=C/C=C/C(C)=C/CC/C=C(C)/C=C/CC(C)C#CC1=C(C)C[C@@H](O)CC1(C)C. The van der Waals surface area contributed by atoms with Gasteiger partial charge < -0.3 is 10.2 Å². The summed E-state index contributed by atoms with van der Waals surface area (Å²) in [5.41, 5.74) is 7.13. The van der Waals surface area contributed by atoms with Crippen molar-refractivity contribution < 1.29 is 10.2 Å². The topological polar surface area (TPSA) is 40.5 Å². The van der Waals surface area contributed by atoms with Gasteiger partial charge in [0.05, 0.1) is 12.2 Å². The lowest BCUT2D eigenvalue weighted by Crippen LogP contribution is -2.32. The number of hydrogen-bond donors (Lipinski definition) is 2. The molecule has 2 N–H and O–H groups in total. The van der Waals surface area contributed by atoms with E-state index in [2.05, 4.69) is 135 Å². The van der Waals surface area contributed by atoms with Crippen LogP contribution < -0.4 is 0 Å². The van der Waals surface area contributed by atoms with Crippen LogP contribution in [0.5, 0.6) is 0 Å². The second-order valence-electron chi connectivity index (χ2n) is 14.0. The molecule has 2 nitrogen and oxygen atoms in total. The zero-order chi connectivity index (χ0) is 31.5. The van der Waals surface area contributed by atoms with Crippen LogP contribution in [0.3, 0.4) is 0 Å². The van der Waals surface area contributed by atoms with Crippen molar-refractivity contribution in [1.29, 1.82) is 0 Å². The molecule has 0 radical (unpaired) electrons. The minimum atomic E-state index is -0.359. The maximum atomic E-state index is 10.1. The van der Waals surface area contributed by atoms with Crippen LogP contribution in [0.25, 0.3) is 0 Å². The lowest BCUT2D eigenvalue weighted by molar-refractivity contribution is 0.117. The summed E-state index contributed by atoms with van der Waals surface area (Å²) >= 11 is 0. The number of aliphatic hydroxyl groups excluding tert-OH is 2. The van der Waals surface area contributed by atoms with Crippen LogP contribution in [0.1, 0.15) is 108 Å². The van der Waals surface area contributed by atoms with Gasteiger partial charge in [0.15, 0.2) is 0 Å². The second-order valence-corrected chi connectivity index (χ2v) is 14.0. The van der Waals surface area contributed by atoms with Gasteiger partial charge in [-0.3, -0.25) is 0 Å². The molecular weight excluding hydrogens is 512 g/mol. The van der Waals surface area contributed by atoms with Gasteiger partial charge in [-0.05, 0) is 84.1 Å². The third-order valence-corrected chi connectivity index (χ3v) is 8.35. The third-order valence-electron chi connectivity index (χ3n) is 8.35. The van der Waals surface area contributed by atoms with E-state index in [4.69, 9.17) is 0 Å². The molecule has 0 fully saturated rings. The Morgan fingerprint density at radius 3 is 2.26 bits per heavy atom. The van der Waals surface area contributed by atoms with E-state index in [0.717, 1.165) is 44.1 Å². The Hall–Kier alpha value is -2.78. The minimum absolute atomic E-state index is 0.0215. The van der Waals surface area contributed by atoms with Gasteiger partial charge >= 0.3 is 0 Å². The summed E-state index contributed by atoms with van der Waals surface area (Å²) in [7, 11) is 0. The molecule has 2 heteroatoms. The molecule has 0 aromatic rings. The molecule has 0 saturated carbocycles. The van der Waals surface area contributed by atoms with Crippen LogP contribution in [0, 0.1) is 46.3 Å². The molecular formula is C40H56O2. The summed E-state index contributed by atoms with van der Waals surface area (Å²) < 4.78 is 0.